The van der Waals surface area contributed by atoms with Crippen molar-refractivity contribution in [3.05, 3.63) is 6.33 Å². The van der Waals surface area contributed by atoms with Crippen molar-refractivity contribution in [2.75, 3.05) is 18.9 Å². The van der Waals surface area contributed by atoms with Crippen LogP contribution >= 0.6 is 0 Å². The third-order valence-corrected chi connectivity index (χ3v) is 2.83. The van der Waals surface area contributed by atoms with Crippen molar-refractivity contribution in [2.24, 2.45) is 0 Å². The number of rotatable bonds is 10. The Morgan fingerprint density at radius 1 is 0.947 bits per heavy atom. The van der Waals surface area contributed by atoms with Crippen LogP contribution in [0, 0.1) is 0 Å². The van der Waals surface area contributed by atoms with E-state index in [0.29, 0.717) is 30.7 Å². The molecule has 0 saturated heterocycles. The molecular formula is C14H25N3O2. The average molecular weight is 267 g/mol. The average Bonchev–Trinajstić information content (AvgIpc) is 2.42. The fourth-order valence-corrected chi connectivity index (χ4v) is 1.78. The van der Waals surface area contributed by atoms with E-state index >= 15 is 0 Å². The van der Waals surface area contributed by atoms with Crippen molar-refractivity contribution < 1.29 is 9.47 Å². The Labute approximate surface area is 115 Å². The first-order chi connectivity index (χ1) is 9.29. The zero-order valence-corrected chi connectivity index (χ0v) is 12.0. The van der Waals surface area contributed by atoms with E-state index in [2.05, 4.69) is 16.9 Å². The van der Waals surface area contributed by atoms with E-state index < -0.39 is 0 Å². The Kier molecular flexibility index (Phi) is 7.70. The monoisotopic (exact) mass is 267 g/mol. The van der Waals surface area contributed by atoms with Gasteiger partial charge in [-0.15, -0.1) is 0 Å². The van der Waals surface area contributed by atoms with Crippen molar-refractivity contribution >= 4 is 5.69 Å². The van der Waals surface area contributed by atoms with Crippen molar-refractivity contribution in [3.63, 3.8) is 0 Å². The first-order valence-electron chi connectivity index (χ1n) is 7.15. The normalized spacial score (nSPS) is 10.4. The molecule has 5 heteroatoms. The SMILES string of the molecule is CCCCCCCCOc1ncnc(OCC)c1N. The molecule has 0 unspecified atom stereocenters. The van der Waals surface area contributed by atoms with E-state index in [9.17, 15) is 0 Å². The molecule has 0 saturated carbocycles. The predicted molar refractivity (Wildman–Crippen MR) is 76.5 cm³/mol. The highest BCUT2D eigenvalue weighted by Gasteiger charge is 2.09. The van der Waals surface area contributed by atoms with Crippen LogP contribution in [0.1, 0.15) is 52.4 Å². The van der Waals surface area contributed by atoms with Gasteiger partial charge in [-0.1, -0.05) is 39.0 Å². The molecule has 19 heavy (non-hydrogen) atoms. The molecule has 1 aromatic heterocycles. The van der Waals surface area contributed by atoms with E-state index in [1.807, 2.05) is 6.92 Å². The van der Waals surface area contributed by atoms with Gasteiger partial charge in [-0.2, -0.15) is 9.97 Å². The maximum Gasteiger partial charge on any atom is 0.244 e. The lowest BCUT2D eigenvalue weighted by Gasteiger charge is -2.10. The third-order valence-electron chi connectivity index (χ3n) is 2.83. The summed E-state index contributed by atoms with van der Waals surface area (Å²) in [6.45, 7) is 5.27. The van der Waals surface area contributed by atoms with Crippen molar-refractivity contribution in [1.82, 2.24) is 9.97 Å². The van der Waals surface area contributed by atoms with Crippen molar-refractivity contribution in [2.45, 2.75) is 52.4 Å². The van der Waals surface area contributed by atoms with Crippen LogP contribution in [0.3, 0.4) is 0 Å². The summed E-state index contributed by atoms with van der Waals surface area (Å²) < 4.78 is 10.9. The van der Waals surface area contributed by atoms with Gasteiger partial charge in [-0.25, -0.2) is 0 Å². The van der Waals surface area contributed by atoms with Crippen LogP contribution in [-0.2, 0) is 0 Å². The molecule has 1 rings (SSSR count). The molecular weight excluding hydrogens is 242 g/mol. The summed E-state index contributed by atoms with van der Waals surface area (Å²) in [5.41, 5.74) is 6.26. The molecule has 1 heterocycles. The quantitative estimate of drug-likeness (QED) is 0.659. The summed E-state index contributed by atoms with van der Waals surface area (Å²) in [5, 5.41) is 0. The molecule has 0 bridgehead atoms. The lowest BCUT2D eigenvalue weighted by atomic mass is 10.1. The van der Waals surface area contributed by atoms with Gasteiger partial charge in [-0.3, -0.25) is 0 Å². The highest BCUT2D eigenvalue weighted by Crippen LogP contribution is 2.26. The summed E-state index contributed by atoms with van der Waals surface area (Å²) in [7, 11) is 0. The molecule has 108 valence electrons. The fraction of sp³-hybridized carbons (Fsp3) is 0.714. The van der Waals surface area contributed by atoms with Crippen LogP contribution < -0.4 is 15.2 Å². The second kappa shape index (κ2) is 9.42. The maximum absolute atomic E-state index is 5.87. The number of anilines is 1. The fourth-order valence-electron chi connectivity index (χ4n) is 1.78. The smallest absolute Gasteiger partial charge is 0.244 e. The standard InChI is InChI=1S/C14H25N3O2/c1-3-5-6-7-8-9-10-19-14-12(15)13(18-4-2)16-11-17-14/h11H,3-10,15H2,1-2H3. The van der Waals surface area contributed by atoms with Gasteiger partial charge in [-0.05, 0) is 13.3 Å². The number of nitrogen functional groups attached to an aromatic ring is 1. The van der Waals surface area contributed by atoms with Gasteiger partial charge in [0.25, 0.3) is 0 Å². The summed E-state index contributed by atoms with van der Waals surface area (Å²) in [5.74, 6) is 0.822. The minimum atomic E-state index is 0.385. The maximum atomic E-state index is 5.87. The van der Waals surface area contributed by atoms with Gasteiger partial charge < -0.3 is 15.2 Å². The van der Waals surface area contributed by atoms with Crippen LogP contribution in [0.2, 0.25) is 0 Å². The minimum absolute atomic E-state index is 0.385. The molecule has 0 amide bonds. The Bertz CT molecular complexity index is 359. The number of aromatic nitrogens is 2. The Hall–Kier alpha value is -1.52. The van der Waals surface area contributed by atoms with Crippen LogP contribution in [0.15, 0.2) is 6.33 Å². The molecule has 0 aliphatic rings. The Morgan fingerprint density at radius 3 is 2.26 bits per heavy atom. The molecule has 1 aromatic rings. The topological polar surface area (TPSA) is 70.3 Å². The number of ether oxygens (including phenoxy) is 2. The van der Waals surface area contributed by atoms with Gasteiger partial charge in [0.1, 0.15) is 6.33 Å². The van der Waals surface area contributed by atoms with Crippen LogP contribution in [0.4, 0.5) is 5.69 Å². The van der Waals surface area contributed by atoms with Gasteiger partial charge in [0.15, 0.2) is 5.69 Å². The number of nitrogens with zero attached hydrogens (tertiary/aromatic N) is 2. The van der Waals surface area contributed by atoms with E-state index in [4.69, 9.17) is 15.2 Å². The minimum Gasteiger partial charge on any atom is -0.476 e. The van der Waals surface area contributed by atoms with Crippen LogP contribution in [0.25, 0.3) is 0 Å². The second-order valence-electron chi connectivity index (χ2n) is 4.45. The molecule has 0 radical (unpaired) electrons. The molecule has 0 aromatic carbocycles. The van der Waals surface area contributed by atoms with Gasteiger partial charge >= 0.3 is 0 Å². The van der Waals surface area contributed by atoms with E-state index in [1.54, 1.807) is 0 Å². The van der Waals surface area contributed by atoms with Gasteiger partial charge in [0.2, 0.25) is 11.8 Å². The molecule has 0 fully saturated rings. The van der Waals surface area contributed by atoms with E-state index in [0.717, 1.165) is 6.42 Å². The summed E-state index contributed by atoms with van der Waals surface area (Å²) in [6, 6.07) is 0. The summed E-state index contributed by atoms with van der Waals surface area (Å²) >= 11 is 0. The predicted octanol–water partition coefficient (Wildman–Crippen LogP) is 3.20. The van der Waals surface area contributed by atoms with Crippen molar-refractivity contribution in [3.8, 4) is 11.8 Å². The van der Waals surface area contributed by atoms with Crippen LogP contribution in [-0.4, -0.2) is 23.2 Å². The largest absolute Gasteiger partial charge is 0.476 e. The number of hydrogen-bond donors (Lipinski definition) is 1. The number of nitrogens with two attached hydrogens (primary N) is 1. The molecule has 2 N–H and O–H groups in total. The number of hydrogen-bond acceptors (Lipinski definition) is 5. The third kappa shape index (κ3) is 5.77. The van der Waals surface area contributed by atoms with Crippen LogP contribution in [0.5, 0.6) is 11.8 Å². The first-order valence-corrected chi connectivity index (χ1v) is 7.15. The molecule has 0 aliphatic carbocycles. The Balaban J connectivity index is 2.27. The summed E-state index contributed by atoms with van der Waals surface area (Å²) in [4.78, 5) is 8.00. The molecule has 0 aliphatic heterocycles. The highest BCUT2D eigenvalue weighted by atomic mass is 16.5. The van der Waals surface area contributed by atoms with Gasteiger partial charge in [0, 0.05) is 0 Å². The lowest BCUT2D eigenvalue weighted by molar-refractivity contribution is 0.287. The molecule has 5 nitrogen and oxygen atoms in total. The lowest BCUT2D eigenvalue weighted by Crippen LogP contribution is -2.06. The highest BCUT2D eigenvalue weighted by molar-refractivity contribution is 5.55. The van der Waals surface area contributed by atoms with E-state index in [-0.39, 0.29) is 0 Å². The Morgan fingerprint density at radius 2 is 1.58 bits per heavy atom. The molecule has 0 atom stereocenters. The second-order valence-corrected chi connectivity index (χ2v) is 4.45. The molecule has 0 spiro atoms. The van der Waals surface area contributed by atoms with Gasteiger partial charge in [0.05, 0.1) is 13.2 Å². The first kappa shape index (κ1) is 15.5. The van der Waals surface area contributed by atoms with E-state index in [1.165, 1.54) is 38.4 Å². The zero-order valence-electron chi connectivity index (χ0n) is 12.0. The zero-order chi connectivity index (χ0) is 13.9. The number of unbranched alkanes of at least 4 members (excludes halogenated alkanes) is 5. The summed E-state index contributed by atoms with van der Waals surface area (Å²) in [6.07, 6.45) is 8.78. The van der Waals surface area contributed by atoms with Crippen molar-refractivity contribution in [1.29, 1.82) is 0 Å².